The lowest BCUT2D eigenvalue weighted by atomic mass is 10.1. The quantitative estimate of drug-likeness (QED) is 0.869. The van der Waals surface area contributed by atoms with E-state index in [2.05, 4.69) is 21.2 Å². The minimum absolute atomic E-state index is 0. The zero-order chi connectivity index (χ0) is 14.0. The van der Waals surface area contributed by atoms with E-state index < -0.39 is 11.7 Å². The lowest BCUT2D eigenvalue weighted by Gasteiger charge is -2.25. The van der Waals surface area contributed by atoms with E-state index in [1.54, 1.807) is 12.1 Å². The summed E-state index contributed by atoms with van der Waals surface area (Å²) in [7, 11) is 1.87. The van der Waals surface area contributed by atoms with E-state index in [0.717, 1.165) is 25.6 Å². The lowest BCUT2D eigenvalue weighted by molar-refractivity contribution is -0.138. The maximum atomic E-state index is 13.0. The first kappa shape index (κ1) is 17.8. The summed E-state index contributed by atoms with van der Waals surface area (Å²) in [4.78, 5) is 1.98. The fourth-order valence-electron chi connectivity index (χ4n) is 2.36. The van der Waals surface area contributed by atoms with Gasteiger partial charge in [0.15, 0.2) is 0 Å². The molecular formula is C13H17BrClF3N2. The lowest BCUT2D eigenvalue weighted by Crippen LogP contribution is -2.33. The Hall–Kier alpha value is -0.300. The van der Waals surface area contributed by atoms with Gasteiger partial charge < -0.3 is 5.32 Å². The second kappa shape index (κ2) is 7.11. The van der Waals surface area contributed by atoms with Crippen LogP contribution in [0, 0.1) is 0 Å². The maximum Gasteiger partial charge on any atom is 0.416 e. The first-order valence-corrected chi connectivity index (χ1v) is 6.94. The first-order valence-electron chi connectivity index (χ1n) is 6.14. The number of nitrogens with one attached hydrogen (secondary N) is 1. The Morgan fingerprint density at radius 2 is 2.10 bits per heavy atom. The van der Waals surface area contributed by atoms with Crippen molar-refractivity contribution < 1.29 is 13.2 Å². The van der Waals surface area contributed by atoms with Gasteiger partial charge in [0.2, 0.25) is 0 Å². The molecule has 7 heteroatoms. The van der Waals surface area contributed by atoms with Crippen LogP contribution in [0.15, 0.2) is 22.7 Å². The summed E-state index contributed by atoms with van der Waals surface area (Å²) in [6.07, 6.45) is -3.33. The molecule has 1 unspecified atom stereocenters. The molecule has 1 aromatic rings. The minimum Gasteiger partial charge on any atom is -0.315 e. The van der Waals surface area contributed by atoms with Gasteiger partial charge in [0, 0.05) is 23.6 Å². The van der Waals surface area contributed by atoms with Crippen LogP contribution in [0.4, 0.5) is 13.2 Å². The molecule has 0 bridgehead atoms. The maximum absolute atomic E-state index is 13.0. The average Bonchev–Trinajstić information content (AvgIpc) is 2.83. The van der Waals surface area contributed by atoms with Crippen molar-refractivity contribution in [3.63, 3.8) is 0 Å². The van der Waals surface area contributed by atoms with Gasteiger partial charge in [0.05, 0.1) is 5.56 Å². The second-order valence-electron chi connectivity index (χ2n) is 4.86. The summed E-state index contributed by atoms with van der Waals surface area (Å²) < 4.78 is 39.5. The van der Waals surface area contributed by atoms with Crippen molar-refractivity contribution in [2.45, 2.75) is 25.2 Å². The van der Waals surface area contributed by atoms with Crippen molar-refractivity contribution in [3.05, 3.63) is 33.8 Å². The molecular weight excluding hydrogens is 357 g/mol. The van der Waals surface area contributed by atoms with Crippen LogP contribution in [-0.4, -0.2) is 31.1 Å². The fourth-order valence-corrected chi connectivity index (χ4v) is 2.72. The Labute approximate surface area is 131 Å². The molecule has 114 valence electrons. The van der Waals surface area contributed by atoms with Crippen LogP contribution in [0.25, 0.3) is 0 Å². The molecule has 0 aromatic heterocycles. The van der Waals surface area contributed by atoms with E-state index in [0.29, 0.717) is 22.6 Å². The Morgan fingerprint density at radius 1 is 1.40 bits per heavy atom. The highest BCUT2D eigenvalue weighted by Gasteiger charge is 2.34. The zero-order valence-corrected chi connectivity index (χ0v) is 13.4. The SMILES string of the molecule is CN(Cc1ccc(Br)cc1C(F)(F)F)C1CCNC1.Cl. The highest BCUT2D eigenvalue weighted by Crippen LogP contribution is 2.34. The highest BCUT2D eigenvalue weighted by molar-refractivity contribution is 9.10. The number of nitrogens with zero attached hydrogens (tertiary/aromatic N) is 1. The molecule has 0 aliphatic carbocycles. The largest absolute Gasteiger partial charge is 0.416 e. The smallest absolute Gasteiger partial charge is 0.315 e. The van der Waals surface area contributed by atoms with Gasteiger partial charge in [0.1, 0.15) is 0 Å². The molecule has 1 aliphatic heterocycles. The molecule has 1 heterocycles. The van der Waals surface area contributed by atoms with Crippen LogP contribution in [0.5, 0.6) is 0 Å². The van der Waals surface area contributed by atoms with Crippen molar-refractivity contribution in [1.29, 1.82) is 0 Å². The van der Waals surface area contributed by atoms with E-state index in [1.807, 2.05) is 11.9 Å². The van der Waals surface area contributed by atoms with E-state index in [9.17, 15) is 13.2 Å². The third-order valence-electron chi connectivity index (χ3n) is 3.45. The molecule has 0 spiro atoms. The average molecular weight is 374 g/mol. The standard InChI is InChI=1S/C13H16BrF3N2.ClH/c1-19(11-4-5-18-7-11)8-9-2-3-10(14)6-12(9)13(15,16)17;/h2-3,6,11,18H,4-5,7-8H2,1H3;1H. The van der Waals surface area contributed by atoms with E-state index in [1.165, 1.54) is 0 Å². The third-order valence-corrected chi connectivity index (χ3v) is 3.95. The van der Waals surface area contributed by atoms with Gasteiger partial charge in [-0.05, 0) is 37.7 Å². The molecule has 0 saturated carbocycles. The summed E-state index contributed by atoms with van der Waals surface area (Å²) in [5.41, 5.74) is -0.232. The van der Waals surface area contributed by atoms with E-state index >= 15 is 0 Å². The normalized spacial score (nSPS) is 19.2. The Morgan fingerprint density at radius 3 is 2.65 bits per heavy atom. The van der Waals surface area contributed by atoms with Crippen LogP contribution in [0.1, 0.15) is 17.5 Å². The van der Waals surface area contributed by atoms with Crippen LogP contribution < -0.4 is 5.32 Å². The summed E-state index contributed by atoms with van der Waals surface area (Å²) in [5, 5.41) is 3.22. The van der Waals surface area contributed by atoms with Gasteiger partial charge >= 0.3 is 6.18 Å². The van der Waals surface area contributed by atoms with Gasteiger partial charge in [-0.1, -0.05) is 22.0 Å². The van der Waals surface area contributed by atoms with E-state index in [-0.39, 0.29) is 12.4 Å². The molecule has 1 saturated heterocycles. The topological polar surface area (TPSA) is 15.3 Å². The van der Waals surface area contributed by atoms with Gasteiger partial charge in [0.25, 0.3) is 0 Å². The van der Waals surface area contributed by atoms with Crippen LogP contribution in [0.2, 0.25) is 0 Å². The summed E-state index contributed by atoms with van der Waals surface area (Å²) in [5.74, 6) is 0. The predicted molar refractivity (Wildman–Crippen MR) is 79.1 cm³/mol. The van der Waals surface area contributed by atoms with Gasteiger partial charge in [-0.3, -0.25) is 4.90 Å². The van der Waals surface area contributed by atoms with Crippen LogP contribution in [-0.2, 0) is 12.7 Å². The van der Waals surface area contributed by atoms with Crippen LogP contribution in [0.3, 0.4) is 0 Å². The van der Waals surface area contributed by atoms with Crippen molar-refractivity contribution in [2.75, 3.05) is 20.1 Å². The van der Waals surface area contributed by atoms with Gasteiger partial charge in [-0.25, -0.2) is 0 Å². The Balaban J connectivity index is 0.00000200. The molecule has 1 atom stereocenters. The molecule has 20 heavy (non-hydrogen) atoms. The summed E-state index contributed by atoms with van der Waals surface area (Å²) >= 11 is 3.10. The number of hydrogen-bond acceptors (Lipinski definition) is 2. The predicted octanol–water partition coefficient (Wildman–Crippen LogP) is 3.68. The molecule has 1 aliphatic rings. The molecule has 2 rings (SSSR count). The number of rotatable bonds is 3. The number of alkyl halides is 3. The molecule has 0 radical (unpaired) electrons. The van der Waals surface area contributed by atoms with Crippen molar-refractivity contribution in [1.82, 2.24) is 10.2 Å². The Kier molecular flexibility index (Phi) is 6.31. The van der Waals surface area contributed by atoms with Crippen molar-refractivity contribution in [3.8, 4) is 0 Å². The molecule has 2 nitrogen and oxygen atoms in total. The highest BCUT2D eigenvalue weighted by atomic mass is 79.9. The molecule has 1 fully saturated rings. The summed E-state index contributed by atoms with van der Waals surface area (Å²) in [6.45, 7) is 2.09. The third kappa shape index (κ3) is 4.35. The fraction of sp³-hybridized carbons (Fsp3) is 0.538. The number of halogens is 5. The van der Waals surface area contributed by atoms with Crippen LogP contribution >= 0.6 is 28.3 Å². The number of likely N-dealkylation sites (N-methyl/N-ethyl adjacent to an activating group) is 1. The van der Waals surface area contributed by atoms with Gasteiger partial charge in [-0.2, -0.15) is 13.2 Å². The van der Waals surface area contributed by atoms with Gasteiger partial charge in [-0.15, -0.1) is 12.4 Å². The zero-order valence-electron chi connectivity index (χ0n) is 11.0. The molecule has 1 N–H and O–H groups in total. The first-order chi connectivity index (χ1) is 8.88. The monoisotopic (exact) mass is 372 g/mol. The van der Waals surface area contributed by atoms with Crippen molar-refractivity contribution >= 4 is 28.3 Å². The second-order valence-corrected chi connectivity index (χ2v) is 5.78. The van der Waals surface area contributed by atoms with E-state index in [4.69, 9.17) is 0 Å². The molecule has 1 aromatic carbocycles. The molecule has 0 amide bonds. The minimum atomic E-state index is -4.31. The van der Waals surface area contributed by atoms with Crippen molar-refractivity contribution in [2.24, 2.45) is 0 Å². The number of hydrogen-bond donors (Lipinski definition) is 1. The Bertz CT molecular complexity index is 448. The number of benzene rings is 1. The summed E-state index contributed by atoms with van der Waals surface area (Å²) in [6, 6.07) is 4.66.